The average Bonchev–Trinajstić information content (AvgIpc) is 3.49. The number of anilines is 1. The molecule has 218 valence electrons. The Bertz CT molecular complexity index is 1540. The van der Waals surface area contributed by atoms with E-state index in [-0.39, 0.29) is 18.5 Å². The van der Waals surface area contributed by atoms with Gasteiger partial charge < -0.3 is 19.8 Å². The molecule has 2 atom stereocenters. The molecule has 2 fully saturated rings. The lowest BCUT2D eigenvalue weighted by molar-refractivity contribution is -0.193. The summed E-state index contributed by atoms with van der Waals surface area (Å²) in [6.45, 7) is 3.63. The molecule has 0 radical (unpaired) electrons. The lowest BCUT2D eigenvalue weighted by Gasteiger charge is -2.55. The maximum atomic E-state index is 14.7. The molecular formula is C32H33F2N5O3. The Balaban J connectivity index is 1.42. The molecule has 2 aliphatic heterocycles. The zero-order valence-electron chi connectivity index (χ0n) is 23.4. The molecule has 0 spiro atoms. The zero-order chi connectivity index (χ0) is 29.3. The Kier molecular flexibility index (Phi) is 7.51. The van der Waals surface area contributed by atoms with Gasteiger partial charge in [-0.3, -0.25) is 9.69 Å². The highest BCUT2D eigenvalue weighted by Crippen LogP contribution is 2.46. The maximum absolute atomic E-state index is 14.7. The molecule has 8 nitrogen and oxygen atoms in total. The molecule has 2 aliphatic rings. The number of hydrogen-bond acceptors (Lipinski definition) is 7. The third kappa shape index (κ3) is 4.74. The largest absolute Gasteiger partial charge is 0.407 e. The SMILES string of the molecule is CCC1(c2ccc(F)c(F)c2)OCCN(C(=O)c2ccccc2)C1N1CCC(c2ccccc2)(c2nnc(N)o2)CC1. The van der Waals surface area contributed by atoms with Gasteiger partial charge in [-0.2, -0.15) is 0 Å². The van der Waals surface area contributed by atoms with E-state index in [4.69, 9.17) is 14.9 Å². The number of nitrogens with zero attached hydrogens (tertiary/aromatic N) is 4. The van der Waals surface area contributed by atoms with E-state index < -0.39 is 28.8 Å². The summed E-state index contributed by atoms with van der Waals surface area (Å²) in [4.78, 5) is 18.1. The molecule has 42 heavy (non-hydrogen) atoms. The van der Waals surface area contributed by atoms with E-state index in [1.54, 1.807) is 18.2 Å². The van der Waals surface area contributed by atoms with Crippen LogP contribution in [0.4, 0.5) is 14.8 Å². The van der Waals surface area contributed by atoms with Crippen LogP contribution in [0.2, 0.25) is 0 Å². The Labute approximate surface area is 243 Å². The molecule has 3 aromatic carbocycles. The number of carbonyl (C=O) groups is 1. The number of rotatable bonds is 6. The number of nitrogen functional groups attached to an aromatic ring is 1. The minimum Gasteiger partial charge on any atom is -0.407 e. The smallest absolute Gasteiger partial charge is 0.312 e. The summed E-state index contributed by atoms with van der Waals surface area (Å²) in [6.07, 6.45) is 1.04. The second kappa shape index (κ2) is 11.3. The van der Waals surface area contributed by atoms with Crippen molar-refractivity contribution >= 4 is 11.9 Å². The first kappa shape index (κ1) is 28.0. The summed E-state index contributed by atoms with van der Waals surface area (Å²) in [6, 6.07) is 23.0. The van der Waals surface area contributed by atoms with E-state index in [9.17, 15) is 13.6 Å². The van der Waals surface area contributed by atoms with Crippen molar-refractivity contribution in [2.24, 2.45) is 0 Å². The quantitative estimate of drug-likeness (QED) is 0.342. The van der Waals surface area contributed by atoms with Crippen LogP contribution in [0.5, 0.6) is 0 Å². The first-order valence-corrected chi connectivity index (χ1v) is 14.2. The standard InChI is InChI=1S/C32H33F2N5O3/c1-2-32(24-13-14-25(33)26(34)21-24)29(39(19-20-41-32)27(40)22-9-5-3-6-10-22)38-17-15-31(16-18-38,23-11-7-4-8-12-23)28-36-37-30(35)42-28/h3-14,21,29H,2,15-20H2,1H3,(H2,35,37). The van der Waals surface area contributed by atoms with Crippen LogP contribution in [0.1, 0.15) is 53.6 Å². The summed E-state index contributed by atoms with van der Waals surface area (Å²) in [7, 11) is 0. The van der Waals surface area contributed by atoms with E-state index in [1.807, 2.05) is 60.4 Å². The average molecular weight is 574 g/mol. The van der Waals surface area contributed by atoms with Crippen LogP contribution in [-0.2, 0) is 15.8 Å². The fourth-order valence-electron chi connectivity index (χ4n) is 6.67. The Morgan fingerprint density at radius 2 is 1.62 bits per heavy atom. The highest BCUT2D eigenvalue weighted by molar-refractivity contribution is 5.94. The second-order valence-electron chi connectivity index (χ2n) is 10.9. The summed E-state index contributed by atoms with van der Waals surface area (Å²) in [5.41, 5.74) is 6.24. The van der Waals surface area contributed by atoms with Crippen molar-refractivity contribution in [1.29, 1.82) is 0 Å². The molecule has 1 aromatic heterocycles. The maximum Gasteiger partial charge on any atom is 0.312 e. The lowest BCUT2D eigenvalue weighted by Crippen LogP contribution is -2.67. The van der Waals surface area contributed by atoms with Gasteiger partial charge in [-0.15, -0.1) is 5.10 Å². The van der Waals surface area contributed by atoms with E-state index in [1.165, 1.54) is 6.07 Å². The van der Waals surface area contributed by atoms with Crippen LogP contribution in [0.15, 0.2) is 83.3 Å². The number of hydrogen-bond donors (Lipinski definition) is 1. The van der Waals surface area contributed by atoms with E-state index in [2.05, 4.69) is 15.1 Å². The summed E-state index contributed by atoms with van der Waals surface area (Å²) >= 11 is 0. The first-order valence-electron chi connectivity index (χ1n) is 14.2. The number of benzene rings is 3. The highest BCUT2D eigenvalue weighted by atomic mass is 19.2. The minimum atomic E-state index is -1.10. The molecule has 1 amide bonds. The number of likely N-dealkylation sites (tertiary alicyclic amines) is 1. The van der Waals surface area contributed by atoms with Crippen LogP contribution < -0.4 is 5.73 Å². The van der Waals surface area contributed by atoms with Crippen LogP contribution in [0.3, 0.4) is 0 Å². The number of piperidine rings is 1. The lowest BCUT2D eigenvalue weighted by atomic mass is 9.72. The fraction of sp³-hybridized carbons (Fsp3) is 0.344. The van der Waals surface area contributed by atoms with Gasteiger partial charge in [0.15, 0.2) is 11.6 Å². The Morgan fingerprint density at radius 1 is 0.929 bits per heavy atom. The predicted octanol–water partition coefficient (Wildman–Crippen LogP) is 5.12. The molecule has 0 aliphatic carbocycles. The van der Waals surface area contributed by atoms with Crippen molar-refractivity contribution in [2.75, 3.05) is 32.0 Å². The number of nitrogens with two attached hydrogens (primary N) is 1. The summed E-state index contributed by atoms with van der Waals surface area (Å²) in [5.74, 6) is -1.58. The van der Waals surface area contributed by atoms with Gasteiger partial charge >= 0.3 is 6.01 Å². The van der Waals surface area contributed by atoms with Gasteiger partial charge in [0.25, 0.3) is 5.91 Å². The van der Waals surface area contributed by atoms with Crippen LogP contribution in [-0.4, -0.2) is 58.3 Å². The van der Waals surface area contributed by atoms with Gasteiger partial charge in [0, 0.05) is 25.2 Å². The molecular weight excluding hydrogens is 540 g/mol. The Hall–Kier alpha value is -4.15. The number of morpholine rings is 1. The van der Waals surface area contributed by atoms with Crippen LogP contribution in [0.25, 0.3) is 0 Å². The molecule has 10 heteroatoms. The third-order valence-electron chi connectivity index (χ3n) is 8.79. The van der Waals surface area contributed by atoms with Gasteiger partial charge in [0.05, 0.1) is 12.0 Å². The molecule has 0 saturated carbocycles. The molecule has 2 unspecified atom stereocenters. The highest BCUT2D eigenvalue weighted by Gasteiger charge is 2.53. The van der Waals surface area contributed by atoms with E-state index in [0.29, 0.717) is 55.9 Å². The number of halogens is 2. The normalized spacial score (nSPS) is 22.6. The Morgan fingerprint density at radius 3 is 2.24 bits per heavy atom. The molecule has 6 rings (SSSR count). The van der Waals surface area contributed by atoms with Crippen molar-refractivity contribution < 1.29 is 22.7 Å². The number of ether oxygens (including phenoxy) is 1. The number of carbonyl (C=O) groups excluding carboxylic acids is 1. The van der Waals surface area contributed by atoms with Crippen molar-refractivity contribution in [3.05, 3.63) is 113 Å². The topological polar surface area (TPSA) is 97.7 Å². The molecule has 0 bridgehead atoms. The fourth-order valence-corrected chi connectivity index (χ4v) is 6.67. The summed E-state index contributed by atoms with van der Waals surface area (Å²) < 4.78 is 41.0. The van der Waals surface area contributed by atoms with E-state index >= 15 is 0 Å². The minimum absolute atomic E-state index is 0.00591. The predicted molar refractivity (Wildman–Crippen MR) is 152 cm³/mol. The van der Waals surface area contributed by atoms with Gasteiger partial charge in [-0.1, -0.05) is 66.6 Å². The monoisotopic (exact) mass is 573 g/mol. The number of aromatic nitrogens is 2. The molecule has 4 aromatic rings. The summed E-state index contributed by atoms with van der Waals surface area (Å²) in [5, 5.41) is 8.23. The van der Waals surface area contributed by atoms with Crippen molar-refractivity contribution in [3.63, 3.8) is 0 Å². The van der Waals surface area contributed by atoms with Gasteiger partial charge in [-0.25, -0.2) is 8.78 Å². The van der Waals surface area contributed by atoms with Crippen molar-refractivity contribution in [1.82, 2.24) is 20.0 Å². The second-order valence-corrected chi connectivity index (χ2v) is 10.9. The van der Waals surface area contributed by atoms with Gasteiger partial charge in [0.2, 0.25) is 5.89 Å². The van der Waals surface area contributed by atoms with E-state index in [0.717, 1.165) is 11.6 Å². The molecule has 2 N–H and O–H groups in total. The van der Waals surface area contributed by atoms with Gasteiger partial charge in [-0.05, 0) is 54.7 Å². The van der Waals surface area contributed by atoms with Crippen molar-refractivity contribution in [2.45, 2.75) is 43.4 Å². The number of amides is 1. The molecule has 3 heterocycles. The first-order chi connectivity index (χ1) is 20.4. The van der Waals surface area contributed by atoms with Crippen LogP contribution in [0, 0.1) is 11.6 Å². The third-order valence-corrected chi connectivity index (χ3v) is 8.79. The van der Waals surface area contributed by atoms with Crippen molar-refractivity contribution in [3.8, 4) is 0 Å². The zero-order valence-corrected chi connectivity index (χ0v) is 23.4. The molecule has 2 saturated heterocycles. The van der Waals surface area contributed by atoms with Gasteiger partial charge in [0.1, 0.15) is 11.8 Å². The van der Waals surface area contributed by atoms with Crippen LogP contribution >= 0.6 is 0 Å².